The third kappa shape index (κ3) is 6.04. The predicted octanol–water partition coefficient (Wildman–Crippen LogP) is 3.90. The highest BCUT2D eigenvalue weighted by Gasteiger charge is 2.10. The van der Waals surface area contributed by atoms with Crippen molar-refractivity contribution >= 4 is 35.0 Å². The quantitative estimate of drug-likeness (QED) is 0.776. The molecule has 1 aliphatic heterocycles. The molecule has 4 nitrogen and oxygen atoms in total. The van der Waals surface area contributed by atoms with Crippen LogP contribution >= 0.6 is 23.4 Å². The number of nitrogens with one attached hydrogen (secondary N) is 1. The van der Waals surface area contributed by atoms with Crippen molar-refractivity contribution in [2.45, 2.75) is 11.4 Å². The van der Waals surface area contributed by atoms with E-state index >= 15 is 0 Å². The van der Waals surface area contributed by atoms with Crippen LogP contribution in [0.5, 0.6) is 0 Å². The summed E-state index contributed by atoms with van der Waals surface area (Å²) in [5.41, 5.74) is 2.07. The van der Waals surface area contributed by atoms with Crippen LogP contribution in [0.25, 0.3) is 0 Å². The summed E-state index contributed by atoms with van der Waals surface area (Å²) in [6, 6.07) is 15.6. The van der Waals surface area contributed by atoms with E-state index in [1.807, 2.05) is 36.4 Å². The molecule has 0 aliphatic carbocycles. The Labute approximate surface area is 157 Å². The number of carbonyl (C=O) groups is 1. The van der Waals surface area contributed by atoms with Crippen LogP contribution in [-0.2, 0) is 16.1 Å². The van der Waals surface area contributed by atoms with Gasteiger partial charge in [0, 0.05) is 35.2 Å². The number of amides is 1. The summed E-state index contributed by atoms with van der Waals surface area (Å²) in [6.45, 7) is 4.47. The van der Waals surface area contributed by atoms with Gasteiger partial charge < -0.3 is 10.1 Å². The SMILES string of the molecule is O=C(CSc1cccc(Cl)c1)Nc1ccc(CN2CCOCC2)cc1. The van der Waals surface area contributed by atoms with Crippen molar-refractivity contribution in [3.63, 3.8) is 0 Å². The maximum Gasteiger partial charge on any atom is 0.234 e. The lowest BCUT2D eigenvalue weighted by Gasteiger charge is -2.26. The van der Waals surface area contributed by atoms with Crippen LogP contribution in [-0.4, -0.2) is 42.9 Å². The van der Waals surface area contributed by atoms with Gasteiger partial charge in [-0.3, -0.25) is 9.69 Å². The number of thioether (sulfide) groups is 1. The first-order valence-corrected chi connectivity index (χ1v) is 9.63. The molecule has 0 atom stereocenters. The van der Waals surface area contributed by atoms with Crippen LogP contribution < -0.4 is 5.32 Å². The molecular formula is C19H21ClN2O2S. The van der Waals surface area contributed by atoms with E-state index in [2.05, 4.69) is 22.3 Å². The van der Waals surface area contributed by atoms with Gasteiger partial charge in [-0.15, -0.1) is 11.8 Å². The van der Waals surface area contributed by atoms with Crippen molar-refractivity contribution in [3.05, 3.63) is 59.1 Å². The molecule has 1 heterocycles. The Kier molecular flexibility index (Phi) is 6.76. The molecule has 25 heavy (non-hydrogen) atoms. The number of nitrogens with zero attached hydrogens (tertiary/aromatic N) is 1. The van der Waals surface area contributed by atoms with E-state index < -0.39 is 0 Å². The van der Waals surface area contributed by atoms with Crippen molar-refractivity contribution in [1.82, 2.24) is 4.90 Å². The molecule has 0 unspecified atom stereocenters. The zero-order valence-electron chi connectivity index (χ0n) is 13.9. The number of benzene rings is 2. The molecule has 1 N–H and O–H groups in total. The largest absolute Gasteiger partial charge is 0.379 e. The number of hydrogen-bond donors (Lipinski definition) is 1. The van der Waals surface area contributed by atoms with E-state index in [-0.39, 0.29) is 5.91 Å². The molecule has 0 radical (unpaired) electrons. The second-order valence-electron chi connectivity index (χ2n) is 5.88. The standard InChI is InChI=1S/C19H21ClN2O2S/c20-16-2-1-3-18(12-16)25-14-19(23)21-17-6-4-15(5-7-17)13-22-8-10-24-11-9-22/h1-7,12H,8-11,13-14H2,(H,21,23). The Hall–Kier alpha value is -1.53. The van der Waals surface area contributed by atoms with Crippen LogP contribution in [0.3, 0.4) is 0 Å². The van der Waals surface area contributed by atoms with E-state index in [4.69, 9.17) is 16.3 Å². The Morgan fingerprint density at radius 1 is 1.16 bits per heavy atom. The van der Waals surface area contributed by atoms with E-state index in [1.54, 1.807) is 0 Å². The lowest BCUT2D eigenvalue weighted by molar-refractivity contribution is -0.113. The van der Waals surface area contributed by atoms with Crippen LogP contribution in [0, 0.1) is 0 Å². The molecular weight excluding hydrogens is 356 g/mol. The van der Waals surface area contributed by atoms with Gasteiger partial charge in [0.2, 0.25) is 5.91 Å². The van der Waals surface area contributed by atoms with Crippen LogP contribution in [0.1, 0.15) is 5.56 Å². The second kappa shape index (κ2) is 9.25. The number of anilines is 1. The van der Waals surface area contributed by atoms with Gasteiger partial charge in [0.05, 0.1) is 19.0 Å². The van der Waals surface area contributed by atoms with Crippen molar-refractivity contribution in [3.8, 4) is 0 Å². The van der Waals surface area contributed by atoms with E-state index in [1.165, 1.54) is 17.3 Å². The molecule has 0 spiro atoms. The molecule has 1 aliphatic rings. The number of hydrogen-bond acceptors (Lipinski definition) is 4. The molecule has 2 aromatic carbocycles. The van der Waals surface area contributed by atoms with Gasteiger partial charge in [0.1, 0.15) is 0 Å². The van der Waals surface area contributed by atoms with Crippen LogP contribution in [0.2, 0.25) is 5.02 Å². The lowest BCUT2D eigenvalue weighted by atomic mass is 10.2. The summed E-state index contributed by atoms with van der Waals surface area (Å²) < 4.78 is 5.36. The van der Waals surface area contributed by atoms with Gasteiger partial charge in [0.15, 0.2) is 0 Å². The summed E-state index contributed by atoms with van der Waals surface area (Å²) in [5, 5.41) is 3.61. The minimum absolute atomic E-state index is 0.0223. The highest BCUT2D eigenvalue weighted by Crippen LogP contribution is 2.22. The van der Waals surface area contributed by atoms with Gasteiger partial charge in [0.25, 0.3) is 0 Å². The molecule has 0 bridgehead atoms. The summed E-state index contributed by atoms with van der Waals surface area (Å²) in [5.74, 6) is 0.335. The third-order valence-corrected chi connectivity index (χ3v) is 5.14. The average Bonchev–Trinajstić information content (AvgIpc) is 2.63. The first-order chi connectivity index (χ1) is 12.2. The number of morpholine rings is 1. The molecule has 0 aromatic heterocycles. The third-order valence-electron chi connectivity index (χ3n) is 3.91. The maximum atomic E-state index is 12.1. The molecule has 6 heteroatoms. The first-order valence-electron chi connectivity index (χ1n) is 8.26. The highest BCUT2D eigenvalue weighted by molar-refractivity contribution is 8.00. The molecule has 0 saturated carbocycles. The molecule has 3 rings (SSSR count). The smallest absolute Gasteiger partial charge is 0.234 e. The Morgan fingerprint density at radius 2 is 1.92 bits per heavy atom. The fourth-order valence-electron chi connectivity index (χ4n) is 2.61. The van der Waals surface area contributed by atoms with Crippen LogP contribution in [0.4, 0.5) is 5.69 Å². The maximum absolute atomic E-state index is 12.1. The predicted molar refractivity (Wildman–Crippen MR) is 103 cm³/mol. The number of ether oxygens (including phenoxy) is 1. The fraction of sp³-hybridized carbons (Fsp3) is 0.316. The highest BCUT2D eigenvalue weighted by atomic mass is 35.5. The molecule has 2 aromatic rings. The Morgan fingerprint density at radius 3 is 2.64 bits per heavy atom. The number of carbonyl (C=O) groups excluding carboxylic acids is 1. The normalized spacial score (nSPS) is 15.1. The summed E-state index contributed by atoms with van der Waals surface area (Å²) in [7, 11) is 0. The average molecular weight is 377 g/mol. The van der Waals surface area contributed by atoms with Crippen LogP contribution in [0.15, 0.2) is 53.4 Å². The topological polar surface area (TPSA) is 41.6 Å². The van der Waals surface area contributed by atoms with Gasteiger partial charge in [-0.2, -0.15) is 0 Å². The zero-order chi connectivity index (χ0) is 17.5. The van der Waals surface area contributed by atoms with E-state index in [0.717, 1.165) is 43.4 Å². The van der Waals surface area contributed by atoms with Crippen molar-refractivity contribution < 1.29 is 9.53 Å². The van der Waals surface area contributed by atoms with E-state index in [9.17, 15) is 4.79 Å². The van der Waals surface area contributed by atoms with Gasteiger partial charge in [-0.1, -0.05) is 29.8 Å². The number of halogens is 1. The van der Waals surface area contributed by atoms with Crippen molar-refractivity contribution in [2.24, 2.45) is 0 Å². The van der Waals surface area contributed by atoms with Crippen molar-refractivity contribution in [1.29, 1.82) is 0 Å². The molecule has 1 fully saturated rings. The van der Waals surface area contributed by atoms with Gasteiger partial charge in [-0.25, -0.2) is 0 Å². The monoisotopic (exact) mass is 376 g/mol. The second-order valence-corrected chi connectivity index (χ2v) is 7.36. The summed E-state index contributed by atoms with van der Waals surface area (Å²) in [6.07, 6.45) is 0. The van der Waals surface area contributed by atoms with Gasteiger partial charge in [-0.05, 0) is 35.9 Å². The minimum atomic E-state index is -0.0223. The molecule has 1 amide bonds. The van der Waals surface area contributed by atoms with Gasteiger partial charge >= 0.3 is 0 Å². The summed E-state index contributed by atoms with van der Waals surface area (Å²) >= 11 is 7.42. The summed E-state index contributed by atoms with van der Waals surface area (Å²) in [4.78, 5) is 15.4. The zero-order valence-corrected chi connectivity index (χ0v) is 15.5. The first kappa shape index (κ1) is 18.3. The molecule has 132 valence electrons. The van der Waals surface area contributed by atoms with Crippen molar-refractivity contribution in [2.75, 3.05) is 37.4 Å². The minimum Gasteiger partial charge on any atom is -0.379 e. The fourth-order valence-corrected chi connectivity index (χ4v) is 3.62. The molecule has 1 saturated heterocycles. The lowest BCUT2D eigenvalue weighted by Crippen LogP contribution is -2.35. The van der Waals surface area contributed by atoms with E-state index in [0.29, 0.717) is 10.8 Å². The Bertz CT molecular complexity index is 703. The number of rotatable bonds is 6. The Balaban J connectivity index is 1.46.